The van der Waals surface area contributed by atoms with Crippen LogP contribution in [0.5, 0.6) is 0 Å². The van der Waals surface area contributed by atoms with Gasteiger partial charge < -0.3 is 0 Å². The van der Waals surface area contributed by atoms with E-state index in [0.717, 1.165) is 11.8 Å². The Balaban J connectivity index is 2.16. The van der Waals surface area contributed by atoms with Crippen molar-refractivity contribution in [1.82, 2.24) is 0 Å². The fourth-order valence-electron chi connectivity index (χ4n) is 6.48. The summed E-state index contributed by atoms with van der Waals surface area (Å²) in [6.45, 7) is 9.68. The van der Waals surface area contributed by atoms with Crippen LogP contribution in [-0.4, -0.2) is 36.8 Å². The van der Waals surface area contributed by atoms with Gasteiger partial charge in [0, 0.05) is 0 Å². The van der Waals surface area contributed by atoms with E-state index in [4.69, 9.17) is 0 Å². The molecule has 4 heteroatoms. The first-order valence-corrected chi connectivity index (χ1v) is 37.3. The van der Waals surface area contributed by atoms with Crippen molar-refractivity contribution in [3.05, 3.63) is 23.3 Å². The molecule has 37 heavy (non-hydrogen) atoms. The number of rotatable bonds is 16. The molecule has 0 saturated carbocycles. The molecule has 0 amide bonds. The molecule has 2 unspecified atom stereocenters. The monoisotopic (exact) mass is 758 g/mol. The molecule has 210 valence electrons. The summed E-state index contributed by atoms with van der Waals surface area (Å²) in [5, 5.41) is 0. The molecule has 0 aliphatic heterocycles. The van der Waals surface area contributed by atoms with Gasteiger partial charge in [-0.3, -0.25) is 0 Å². The molecule has 0 aromatic carbocycles. The van der Waals surface area contributed by atoms with E-state index in [0.29, 0.717) is 0 Å². The van der Waals surface area contributed by atoms with Crippen molar-refractivity contribution >= 4 is 65.2 Å². The van der Waals surface area contributed by atoms with Crippen molar-refractivity contribution in [2.75, 3.05) is 0 Å². The molecule has 1 aliphatic rings. The van der Waals surface area contributed by atoms with Crippen LogP contribution in [0.25, 0.3) is 9.75 Å². The van der Waals surface area contributed by atoms with Gasteiger partial charge in [-0.25, -0.2) is 0 Å². The molecular formula is C33H58S2Sn2. The molecule has 2 aromatic heterocycles. The summed E-state index contributed by atoms with van der Waals surface area (Å²) in [5.41, 5.74) is 3.85. The quantitative estimate of drug-likeness (QED) is 0.118. The first kappa shape index (κ1) is 32.5. The van der Waals surface area contributed by atoms with Gasteiger partial charge in [0.05, 0.1) is 0 Å². The predicted octanol–water partition coefficient (Wildman–Crippen LogP) is 11.2. The van der Waals surface area contributed by atoms with E-state index in [1.807, 2.05) is 0 Å². The Morgan fingerprint density at radius 3 is 1.43 bits per heavy atom. The van der Waals surface area contributed by atoms with E-state index in [1.165, 1.54) is 77.0 Å². The molecule has 0 N–H and O–H groups in total. The maximum atomic E-state index is 2.79. The summed E-state index contributed by atoms with van der Waals surface area (Å²) in [6, 6.07) is 5.58. The summed E-state index contributed by atoms with van der Waals surface area (Å²) in [4.78, 5) is 19.2. The van der Waals surface area contributed by atoms with Crippen LogP contribution >= 0.6 is 22.7 Å². The minimum atomic E-state index is -2.16. The van der Waals surface area contributed by atoms with Crippen molar-refractivity contribution in [1.29, 1.82) is 0 Å². The van der Waals surface area contributed by atoms with Crippen molar-refractivity contribution in [3.8, 4) is 9.75 Å². The van der Waals surface area contributed by atoms with Crippen LogP contribution in [0.1, 0.15) is 116 Å². The molecule has 0 nitrogen and oxygen atoms in total. The van der Waals surface area contributed by atoms with Gasteiger partial charge in [0.2, 0.25) is 0 Å². The molecule has 0 radical (unpaired) electrons. The zero-order valence-electron chi connectivity index (χ0n) is 26.1. The van der Waals surface area contributed by atoms with Crippen LogP contribution < -0.4 is 5.79 Å². The van der Waals surface area contributed by atoms with Gasteiger partial charge in [-0.15, -0.1) is 0 Å². The average molecular weight is 756 g/mol. The second-order valence-electron chi connectivity index (χ2n) is 14.2. The van der Waals surface area contributed by atoms with Gasteiger partial charge in [-0.1, -0.05) is 0 Å². The number of thiophene rings is 2. The molecular weight excluding hydrogens is 698 g/mol. The second-order valence-corrected chi connectivity index (χ2v) is 47.2. The number of hydrogen-bond acceptors (Lipinski definition) is 2. The normalized spacial score (nSPS) is 16.6. The molecule has 3 rings (SSSR count). The third-order valence-electron chi connectivity index (χ3n) is 9.04. The topological polar surface area (TPSA) is 0 Å². The minimum absolute atomic E-state index is 0.266. The van der Waals surface area contributed by atoms with Gasteiger partial charge >= 0.3 is 250 Å². The SMILES string of the molecule is CCCCCCC(CC)CC1(CC(CC)CCCC)c2c[c]([Sn]([CH3])([CH3])[CH3])sc2-c2s[c]([Sn]([CH3])([CH3])[CH3])cc21. The Kier molecular flexibility index (Phi) is 12.1. The molecule has 2 heterocycles. The average Bonchev–Trinajstić information content (AvgIpc) is 3.51. The summed E-state index contributed by atoms with van der Waals surface area (Å²) < 4.78 is 3.61. The first-order valence-electron chi connectivity index (χ1n) is 15.7. The molecule has 0 fully saturated rings. The van der Waals surface area contributed by atoms with E-state index in [9.17, 15) is 0 Å². The fourth-order valence-corrected chi connectivity index (χ4v) is 19.6. The van der Waals surface area contributed by atoms with Crippen molar-refractivity contribution in [2.45, 2.75) is 140 Å². The summed E-state index contributed by atoms with van der Waals surface area (Å²) in [5.74, 6) is 1.70. The standard InChI is InChI=1S/C27H40S2.6CH3.2Sn/c1-5-9-11-12-14-22(8-4)20-27(19-21(7-3)13-10-6-2)23-15-17-28-25(23)26-24(27)16-18-29-26;;;;;;;;/h15-16,21-22H,5-14,19-20H2,1-4H3;6*1H3;;. The van der Waals surface area contributed by atoms with Crippen molar-refractivity contribution < 1.29 is 0 Å². The van der Waals surface area contributed by atoms with E-state index >= 15 is 0 Å². The van der Waals surface area contributed by atoms with Crippen LogP contribution in [0, 0.1) is 11.8 Å². The zero-order chi connectivity index (χ0) is 27.4. The number of unbranched alkanes of at least 4 members (excludes halogenated alkanes) is 4. The third kappa shape index (κ3) is 7.64. The van der Waals surface area contributed by atoms with Gasteiger partial charge in [-0.2, -0.15) is 0 Å². The number of fused-ring (bicyclic) bond motifs is 3. The maximum absolute atomic E-state index is 2.79. The van der Waals surface area contributed by atoms with Gasteiger partial charge in [0.1, 0.15) is 0 Å². The Morgan fingerprint density at radius 2 is 1.05 bits per heavy atom. The summed E-state index contributed by atoms with van der Waals surface area (Å²) in [6.07, 6.45) is 16.6. The van der Waals surface area contributed by atoms with Gasteiger partial charge in [0.25, 0.3) is 0 Å². The van der Waals surface area contributed by atoms with Crippen LogP contribution in [0.2, 0.25) is 29.6 Å². The fraction of sp³-hybridized carbons (Fsp3) is 0.758. The van der Waals surface area contributed by atoms with E-state index < -0.39 is 36.8 Å². The zero-order valence-corrected chi connectivity index (χ0v) is 33.5. The van der Waals surface area contributed by atoms with Crippen LogP contribution in [0.15, 0.2) is 12.1 Å². The molecule has 0 spiro atoms. The van der Waals surface area contributed by atoms with Crippen LogP contribution in [0.4, 0.5) is 0 Å². The summed E-state index contributed by atoms with van der Waals surface area (Å²) >= 11 is 0.159. The molecule has 2 aromatic rings. The molecule has 2 atom stereocenters. The van der Waals surface area contributed by atoms with E-state index in [-0.39, 0.29) is 5.41 Å². The van der Waals surface area contributed by atoms with E-state index in [1.54, 1.807) is 26.7 Å². The second kappa shape index (κ2) is 13.8. The predicted molar refractivity (Wildman–Crippen MR) is 179 cm³/mol. The Morgan fingerprint density at radius 1 is 0.622 bits per heavy atom. The van der Waals surface area contributed by atoms with E-state index in [2.05, 4.69) is 92.1 Å². The molecule has 0 saturated heterocycles. The van der Waals surface area contributed by atoms with Crippen LogP contribution in [0.3, 0.4) is 0 Å². The van der Waals surface area contributed by atoms with Gasteiger partial charge in [0.15, 0.2) is 0 Å². The molecule has 1 aliphatic carbocycles. The van der Waals surface area contributed by atoms with Crippen molar-refractivity contribution in [3.63, 3.8) is 0 Å². The Labute approximate surface area is 247 Å². The Bertz CT molecular complexity index is 927. The summed E-state index contributed by atoms with van der Waals surface area (Å²) in [7, 11) is 0. The molecule has 0 bridgehead atoms. The Hall–Kier alpha value is 0.997. The third-order valence-corrected chi connectivity index (χ3v) is 30.3. The first-order chi connectivity index (χ1) is 17.4. The van der Waals surface area contributed by atoms with Crippen LogP contribution in [-0.2, 0) is 5.41 Å². The van der Waals surface area contributed by atoms with Gasteiger partial charge in [-0.05, 0) is 0 Å². The number of hydrogen-bond donors (Lipinski definition) is 0. The van der Waals surface area contributed by atoms with Crippen molar-refractivity contribution in [2.24, 2.45) is 11.8 Å².